The molecule has 0 saturated carbocycles. The van der Waals surface area contributed by atoms with Crippen molar-refractivity contribution in [2.75, 3.05) is 6.61 Å². The number of nitrogens with two attached hydrogens (primary N) is 1. The van der Waals surface area contributed by atoms with E-state index in [9.17, 15) is 31.1 Å². The Kier molecular flexibility index (Phi) is 7.71. The number of hydrogen-bond acceptors (Lipinski definition) is 5. The summed E-state index contributed by atoms with van der Waals surface area (Å²) in [6.45, 7) is 0.0958. The summed E-state index contributed by atoms with van der Waals surface area (Å²) in [7, 11) is 0. The van der Waals surface area contributed by atoms with Gasteiger partial charge in [-0.05, 0) is 30.7 Å². The molecule has 0 fully saturated rings. The summed E-state index contributed by atoms with van der Waals surface area (Å²) in [5.41, 5.74) is 6.23. The van der Waals surface area contributed by atoms with Gasteiger partial charge in [0.2, 0.25) is 5.91 Å². The van der Waals surface area contributed by atoms with E-state index in [0.29, 0.717) is 5.69 Å². The molecule has 1 aromatic carbocycles. The molecule has 0 aliphatic carbocycles. The van der Waals surface area contributed by atoms with Crippen molar-refractivity contribution in [3.63, 3.8) is 0 Å². The smallest absolute Gasteiger partial charge is 0.483 e. The first-order chi connectivity index (χ1) is 14.3. The van der Waals surface area contributed by atoms with Gasteiger partial charge in [-0.25, -0.2) is 0 Å². The molecule has 1 heterocycles. The minimum Gasteiger partial charge on any atom is -0.483 e. The number of benzene rings is 1. The molecule has 6 nitrogen and oxygen atoms in total. The number of pyridine rings is 1. The van der Waals surface area contributed by atoms with Crippen molar-refractivity contribution < 1.29 is 40.6 Å². The van der Waals surface area contributed by atoms with Crippen LogP contribution in [0.15, 0.2) is 42.6 Å². The number of alkyl halides is 6. The molecule has 0 bridgehead atoms. The van der Waals surface area contributed by atoms with Crippen molar-refractivity contribution in [2.45, 2.75) is 38.0 Å². The maximum atomic E-state index is 12.5. The average molecular weight is 451 g/mol. The predicted octanol–water partition coefficient (Wildman–Crippen LogP) is 3.67. The first-order valence-electron chi connectivity index (χ1n) is 8.89. The molecule has 3 N–H and O–H groups in total. The van der Waals surface area contributed by atoms with E-state index in [1.165, 1.54) is 30.3 Å². The number of halogens is 6. The van der Waals surface area contributed by atoms with Gasteiger partial charge in [-0.3, -0.25) is 9.78 Å². The van der Waals surface area contributed by atoms with Crippen LogP contribution in [0.1, 0.15) is 24.2 Å². The van der Waals surface area contributed by atoms with E-state index in [-0.39, 0.29) is 17.7 Å². The van der Waals surface area contributed by atoms with Crippen molar-refractivity contribution in [1.29, 1.82) is 0 Å². The first kappa shape index (κ1) is 24.3. The van der Waals surface area contributed by atoms with E-state index >= 15 is 0 Å². The summed E-state index contributed by atoms with van der Waals surface area (Å²) in [5.74, 6) is -1.21. The molecule has 1 aromatic heterocycles. The van der Waals surface area contributed by atoms with E-state index in [1.54, 1.807) is 6.92 Å². The third kappa shape index (κ3) is 8.32. The maximum absolute atomic E-state index is 12.5. The lowest BCUT2D eigenvalue weighted by Crippen LogP contribution is -2.43. The van der Waals surface area contributed by atoms with Gasteiger partial charge in [0.1, 0.15) is 11.5 Å². The highest BCUT2D eigenvalue weighted by Crippen LogP contribution is 2.27. The Labute approximate surface area is 173 Å². The van der Waals surface area contributed by atoms with E-state index in [1.807, 2.05) is 0 Å². The minimum absolute atomic E-state index is 0.0967. The molecule has 2 aromatic rings. The third-order valence-electron chi connectivity index (χ3n) is 3.94. The number of nitrogens with zero attached hydrogens (tertiary/aromatic N) is 1. The zero-order chi connectivity index (χ0) is 23.2. The van der Waals surface area contributed by atoms with Crippen LogP contribution in [0.4, 0.5) is 26.3 Å². The number of hydrogen-bond donors (Lipinski definition) is 2. The molecule has 0 aliphatic rings. The van der Waals surface area contributed by atoms with E-state index < -0.39 is 42.9 Å². The molecule has 2 atom stereocenters. The molecule has 1 amide bonds. The number of amides is 1. The van der Waals surface area contributed by atoms with Gasteiger partial charge in [-0.2, -0.15) is 13.2 Å². The summed E-state index contributed by atoms with van der Waals surface area (Å²) in [4.78, 5) is 16.3. The van der Waals surface area contributed by atoms with E-state index in [4.69, 9.17) is 5.73 Å². The summed E-state index contributed by atoms with van der Waals surface area (Å²) >= 11 is 0. The molecule has 0 radical (unpaired) electrons. The summed E-state index contributed by atoms with van der Waals surface area (Å²) in [5, 5.41) is 2.55. The second-order valence-electron chi connectivity index (χ2n) is 6.52. The fourth-order valence-electron chi connectivity index (χ4n) is 2.52. The van der Waals surface area contributed by atoms with Crippen molar-refractivity contribution >= 4 is 5.91 Å². The molecular formula is C19H19F6N3O3. The number of nitrogens with one attached hydrogen (secondary N) is 1. The van der Waals surface area contributed by atoms with Gasteiger partial charge in [-0.15, -0.1) is 13.2 Å². The number of rotatable bonds is 8. The molecule has 31 heavy (non-hydrogen) atoms. The minimum atomic E-state index is -4.89. The fourth-order valence-corrected chi connectivity index (χ4v) is 2.52. The Hall–Kier alpha value is -3.02. The summed E-state index contributed by atoms with van der Waals surface area (Å²) < 4.78 is 82.5. The molecule has 2 rings (SSSR count). The van der Waals surface area contributed by atoms with Crippen LogP contribution in [0.25, 0.3) is 0 Å². The number of aromatic nitrogens is 1. The van der Waals surface area contributed by atoms with Crippen LogP contribution in [0, 0.1) is 0 Å². The average Bonchev–Trinajstić information content (AvgIpc) is 2.66. The van der Waals surface area contributed by atoms with Crippen molar-refractivity contribution in [2.24, 2.45) is 5.73 Å². The van der Waals surface area contributed by atoms with Gasteiger partial charge in [0, 0.05) is 6.42 Å². The van der Waals surface area contributed by atoms with Gasteiger partial charge in [0.15, 0.2) is 6.61 Å². The Balaban J connectivity index is 1.96. The Morgan fingerprint density at radius 2 is 1.81 bits per heavy atom. The van der Waals surface area contributed by atoms with E-state index in [2.05, 4.69) is 19.8 Å². The fraction of sp³-hybridized carbons (Fsp3) is 0.368. The summed E-state index contributed by atoms with van der Waals surface area (Å²) in [6.07, 6.45) is -8.52. The maximum Gasteiger partial charge on any atom is 0.573 e. The molecule has 0 aliphatic heterocycles. The van der Waals surface area contributed by atoms with Crippen molar-refractivity contribution in [3.8, 4) is 11.5 Å². The SMILES string of the molecule is C[C@@H](NC(=O)C(N)Cc1ccccc1OC(F)(F)F)c1ccc(OCC(F)(F)F)cn1. The van der Waals surface area contributed by atoms with Crippen LogP contribution in [0.5, 0.6) is 11.5 Å². The Bertz CT molecular complexity index is 871. The quantitative estimate of drug-likeness (QED) is 0.599. The molecule has 1 unspecified atom stereocenters. The second-order valence-corrected chi connectivity index (χ2v) is 6.52. The van der Waals surface area contributed by atoms with Gasteiger partial charge in [0.25, 0.3) is 0 Å². The number of carbonyl (C=O) groups is 1. The van der Waals surface area contributed by atoms with E-state index in [0.717, 1.165) is 12.3 Å². The Morgan fingerprint density at radius 1 is 1.13 bits per heavy atom. The van der Waals surface area contributed by atoms with Gasteiger partial charge in [-0.1, -0.05) is 18.2 Å². The standard InChI is InChI=1S/C19H19F6N3O3/c1-11(15-7-6-13(9-27-15)30-10-18(20,21)22)28-17(29)14(26)8-12-4-2-3-5-16(12)31-19(23,24)25/h2-7,9,11,14H,8,10,26H2,1H3,(H,28,29)/t11-,14?/m1/s1. The topological polar surface area (TPSA) is 86.5 Å². The molecule has 170 valence electrons. The van der Waals surface area contributed by atoms with Gasteiger partial charge < -0.3 is 20.5 Å². The monoisotopic (exact) mass is 451 g/mol. The summed E-state index contributed by atoms with van der Waals surface area (Å²) in [6, 6.07) is 6.09. The van der Waals surface area contributed by atoms with Crippen molar-refractivity contribution in [3.05, 3.63) is 53.9 Å². The van der Waals surface area contributed by atoms with Crippen LogP contribution in [0.3, 0.4) is 0 Å². The zero-order valence-corrected chi connectivity index (χ0v) is 16.1. The second kappa shape index (κ2) is 9.86. The lowest BCUT2D eigenvalue weighted by molar-refractivity contribution is -0.274. The number of para-hydroxylation sites is 1. The van der Waals surface area contributed by atoms with Gasteiger partial charge in [0.05, 0.1) is 24.0 Å². The highest BCUT2D eigenvalue weighted by molar-refractivity contribution is 5.82. The number of ether oxygens (including phenoxy) is 2. The Morgan fingerprint density at radius 3 is 2.39 bits per heavy atom. The van der Waals surface area contributed by atoms with Gasteiger partial charge >= 0.3 is 12.5 Å². The highest BCUT2D eigenvalue weighted by atomic mass is 19.4. The van der Waals surface area contributed by atoms with Crippen LogP contribution < -0.4 is 20.5 Å². The van der Waals surface area contributed by atoms with Crippen LogP contribution in [-0.2, 0) is 11.2 Å². The number of carbonyl (C=O) groups excluding carboxylic acids is 1. The molecule has 0 spiro atoms. The zero-order valence-electron chi connectivity index (χ0n) is 16.1. The third-order valence-corrected chi connectivity index (χ3v) is 3.94. The normalized spacial score (nSPS) is 13.9. The molecular weight excluding hydrogens is 432 g/mol. The molecule has 12 heteroatoms. The largest absolute Gasteiger partial charge is 0.573 e. The lowest BCUT2D eigenvalue weighted by atomic mass is 10.0. The first-order valence-corrected chi connectivity index (χ1v) is 8.89. The van der Waals surface area contributed by atoms with Crippen molar-refractivity contribution in [1.82, 2.24) is 10.3 Å². The van der Waals surface area contributed by atoms with Crippen LogP contribution in [0.2, 0.25) is 0 Å². The molecule has 0 saturated heterocycles. The van der Waals surface area contributed by atoms with Crippen LogP contribution >= 0.6 is 0 Å². The van der Waals surface area contributed by atoms with Crippen LogP contribution in [-0.4, -0.2) is 36.1 Å². The highest BCUT2D eigenvalue weighted by Gasteiger charge is 2.32. The predicted molar refractivity (Wildman–Crippen MR) is 97.1 cm³/mol. The lowest BCUT2D eigenvalue weighted by Gasteiger charge is -2.19.